The standard InChI is InChI=1S/C21H27FN4O3/c1-2-3-12-28-18-8-4-16(5-9-18)25-20(27)26-17-6-10-19(11-7-17)29-21-23-13-15(22)14-24-21/h4-5,8-9,13-14,17,19H,2-3,6-7,10-12H2,1H3,(H2,25,26,27). The Kier molecular flexibility index (Phi) is 7.61. The first-order valence-electron chi connectivity index (χ1n) is 10.1. The number of carbonyl (C=O) groups is 1. The van der Waals surface area contributed by atoms with Crippen LogP contribution in [0.2, 0.25) is 0 Å². The molecule has 0 spiro atoms. The third-order valence-electron chi connectivity index (χ3n) is 4.76. The van der Waals surface area contributed by atoms with Crippen LogP contribution in [0.15, 0.2) is 36.7 Å². The Hall–Kier alpha value is -2.90. The average molecular weight is 402 g/mol. The lowest BCUT2D eigenvalue weighted by Crippen LogP contribution is -2.41. The molecule has 0 radical (unpaired) electrons. The Bertz CT molecular complexity index is 763. The van der Waals surface area contributed by atoms with E-state index in [-0.39, 0.29) is 24.2 Å². The zero-order chi connectivity index (χ0) is 20.5. The summed E-state index contributed by atoms with van der Waals surface area (Å²) in [6.07, 6.45) is 7.40. The number of amides is 2. The molecule has 29 heavy (non-hydrogen) atoms. The van der Waals surface area contributed by atoms with Gasteiger partial charge < -0.3 is 20.1 Å². The predicted molar refractivity (Wildman–Crippen MR) is 108 cm³/mol. The van der Waals surface area contributed by atoms with Crippen molar-refractivity contribution in [1.29, 1.82) is 0 Å². The molecule has 1 aliphatic carbocycles. The van der Waals surface area contributed by atoms with E-state index in [1.165, 1.54) is 0 Å². The van der Waals surface area contributed by atoms with E-state index in [2.05, 4.69) is 27.5 Å². The molecule has 0 aliphatic heterocycles. The van der Waals surface area contributed by atoms with Crippen LogP contribution in [0.1, 0.15) is 45.4 Å². The SMILES string of the molecule is CCCCOc1ccc(NC(=O)NC2CCC(Oc3ncc(F)cn3)CC2)cc1. The summed E-state index contributed by atoms with van der Waals surface area (Å²) in [7, 11) is 0. The zero-order valence-electron chi connectivity index (χ0n) is 16.6. The number of unbranched alkanes of at least 4 members (excludes halogenated alkanes) is 1. The fourth-order valence-corrected chi connectivity index (χ4v) is 3.16. The number of aromatic nitrogens is 2. The molecule has 0 saturated heterocycles. The Morgan fingerprint density at radius 3 is 2.48 bits per heavy atom. The third-order valence-corrected chi connectivity index (χ3v) is 4.76. The number of nitrogens with one attached hydrogen (secondary N) is 2. The van der Waals surface area contributed by atoms with Gasteiger partial charge in [-0.3, -0.25) is 0 Å². The van der Waals surface area contributed by atoms with Crippen LogP contribution in [0.3, 0.4) is 0 Å². The van der Waals surface area contributed by atoms with Crippen LogP contribution in [0.5, 0.6) is 11.8 Å². The first-order valence-corrected chi connectivity index (χ1v) is 10.1. The highest BCUT2D eigenvalue weighted by Crippen LogP contribution is 2.22. The van der Waals surface area contributed by atoms with E-state index in [1.807, 2.05) is 24.3 Å². The van der Waals surface area contributed by atoms with Gasteiger partial charge in [-0.1, -0.05) is 13.3 Å². The first kappa shape index (κ1) is 20.8. The van der Waals surface area contributed by atoms with E-state index in [1.54, 1.807) is 0 Å². The number of ether oxygens (including phenoxy) is 2. The summed E-state index contributed by atoms with van der Waals surface area (Å²) >= 11 is 0. The van der Waals surface area contributed by atoms with Crippen molar-refractivity contribution in [3.63, 3.8) is 0 Å². The van der Waals surface area contributed by atoms with Gasteiger partial charge in [0.2, 0.25) is 0 Å². The maximum atomic E-state index is 12.8. The fourth-order valence-electron chi connectivity index (χ4n) is 3.16. The lowest BCUT2D eigenvalue weighted by Gasteiger charge is -2.28. The van der Waals surface area contributed by atoms with Crippen molar-refractivity contribution in [3.8, 4) is 11.8 Å². The van der Waals surface area contributed by atoms with Crippen LogP contribution < -0.4 is 20.1 Å². The van der Waals surface area contributed by atoms with Gasteiger partial charge in [0.1, 0.15) is 11.9 Å². The number of benzene rings is 1. The number of nitrogens with zero attached hydrogens (tertiary/aromatic N) is 2. The topological polar surface area (TPSA) is 85.4 Å². The predicted octanol–water partition coefficient (Wildman–Crippen LogP) is 4.31. The van der Waals surface area contributed by atoms with E-state index < -0.39 is 5.82 Å². The number of urea groups is 1. The van der Waals surface area contributed by atoms with E-state index in [0.29, 0.717) is 6.61 Å². The van der Waals surface area contributed by atoms with Crippen molar-refractivity contribution in [1.82, 2.24) is 15.3 Å². The van der Waals surface area contributed by atoms with Gasteiger partial charge in [-0.15, -0.1) is 0 Å². The third kappa shape index (κ3) is 6.89. The smallest absolute Gasteiger partial charge is 0.319 e. The Morgan fingerprint density at radius 1 is 1.14 bits per heavy atom. The summed E-state index contributed by atoms with van der Waals surface area (Å²) in [6.45, 7) is 2.82. The molecule has 2 N–H and O–H groups in total. The molecule has 1 fully saturated rings. The van der Waals surface area contributed by atoms with Crippen molar-refractivity contribution in [3.05, 3.63) is 42.5 Å². The quantitative estimate of drug-likeness (QED) is 0.643. The summed E-state index contributed by atoms with van der Waals surface area (Å²) in [6, 6.07) is 7.40. The maximum Gasteiger partial charge on any atom is 0.319 e. The molecule has 0 atom stereocenters. The molecular weight excluding hydrogens is 375 g/mol. The number of hydrogen-bond acceptors (Lipinski definition) is 5. The molecule has 0 unspecified atom stereocenters. The van der Waals surface area contributed by atoms with Crippen molar-refractivity contribution in [2.45, 2.75) is 57.6 Å². The number of carbonyl (C=O) groups excluding carboxylic acids is 1. The molecule has 3 rings (SSSR count). The largest absolute Gasteiger partial charge is 0.494 e. The van der Waals surface area contributed by atoms with Gasteiger partial charge in [0.25, 0.3) is 0 Å². The van der Waals surface area contributed by atoms with Gasteiger partial charge in [0, 0.05) is 11.7 Å². The molecule has 156 valence electrons. The summed E-state index contributed by atoms with van der Waals surface area (Å²) in [5.74, 6) is 0.308. The van der Waals surface area contributed by atoms with Crippen LogP contribution in [-0.2, 0) is 0 Å². The highest BCUT2D eigenvalue weighted by molar-refractivity contribution is 5.89. The van der Waals surface area contributed by atoms with Gasteiger partial charge >= 0.3 is 12.0 Å². The van der Waals surface area contributed by atoms with Gasteiger partial charge in [-0.05, 0) is 56.4 Å². The highest BCUT2D eigenvalue weighted by atomic mass is 19.1. The van der Waals surface area contributed by atoms with Crippen molar-refractivity contribution >= 4 is 11.7 Å². The van der Waals surface area contributed by atoms with Crippen LogP contribution >= 0.6 is 0 Å². The van der Waals surface area contributed by atoms with Crippen LogP contribution in [-0.4, -0.2) is 34.8 Å². The summed E-state index contributed by atoms with van der Waals surface area (Å²) in [4.78, 5) is 19.9. The molecule has 0 bridgehead atoms. The fraction of sp³-hybridized carbons (Fsp3) is 0.476. The first-order chi connectivity index (χ1) is 14.1. The summed E-state index contributed by atoms with van der Waals surface area (Å²) < 4.78 is 24.1. The maximum absolute atomic E-state index is 12.8. The molecule has 2 amide bonds. The summed E-state index contributed by atoms with van der Waals surface area (Å²) in [5.41, 5.74) is 0.718. The minimum absolute atomic E-state index is 0.0261. The molecule has 2 aromatic rings. The molecule has 7 nitrogen and oxygen atoms in total. The zero-order valence-corrected chi connectivity index (χ0v) is 16.6. The Labute approximate surface area is 170 Å². The van der Waals surface area contributed by atoms with Crippen molar-refractivity contribution in [2.24, 2.45) is 0 Å². The van der Waals surface area contributed by atoms with Crippen molar-refractivity contribution < 1.29 is 18.7 Å². The molecular formula is C21H27FN4O3. The molecule has 1 aromatic carbocycles. The average Bonchev–Trinajstić information content (AvgIpc) is 2.73. The van der Waals surface area contributed by atoms with Crippen molar-refractivity contribution in [2.75, 3.05) is 11.9 Å². The van der Waals surface area contributed by atoms with Gasteiger partial charge in [0.15, 0.2) is 5.82 Å². The van der Waals surface area contributed by atoms with E-state index >= 15 is 0 Å². The monoisotopic (exact) mass is 402 g/mol. The van der Waals surface area contributed by atoms with Crippen LogP contribution in [0.25, 0.3) is 0 Å². The second kappa shape index (κ2) is 10.6. The number of anilines is 1. The lowest BCUT2D eigenvalue weighted by atomic mass is 9.93. The minimum Gasteiger partial charge on any atom is -0.494 e. The lowest BCUT2D eigenvalue weighted by molar-refractivity contribution is 0.129. The van der Waals surface area contributed by atoms with Crippen LogP contribution in [0.4, 0.5) is 14.9 Å². The van der Waals surface area contributed by atoms with E-state index in [4.69, 9.17) is 9.47 Å². The van der Waals surface area contributed by atoms with Gasteiger partial charge in [0.05, 0.1) is 19.0 Å². The Morgan fingerprint density at radius 2 is 1.83 bits per heavy atom. The Balaban J connectivity index is 1.37. The molecule has 1 saturated carbocycles. The minimum atomic E-state index is -0.491. The number of halogens is 1. The highest BCUT2D eigenvalue weighted by Gasteiger charge is 2.24. The molecule has 1 aromatic heterocycles. The van der Waals surface area contributed by atoms with Gasteiger partial charge in [-0.2, -0.15) is 0 Å². The second-order valence-corrected chi connectivity index (χ2v) is 7.10. The molecule has 1 aliphatic rings. The molecule has 8 heteroatoms. The number of rotatable bonds is 8. The normalized spacial score (nSPS) is 18.7. The van der Waals surface area contributed by atoms with E-state index in [9.17, 15) is 9.18 Å². The second-order valence-electron chi connectivity index (χ2n) is 7.10. The van der Waals surface area contributed by atoms with Gasteiger partial charge in [-0.25, -0.2) is 19.2 Å². The van der Waals surface area contributed by atoms with Crippen LogP contribution in [0, 0.1) is 5.82 Å². The summed E-state index contributed by atoms with van der Waals surface area (Å²) in [5, 5.41) is 5.85. The van der Waals surface area contributed by atoms with E-state index in [0.717, 1.165) is 62.4 Å². The molecule has 1 heterocycles. The number of hydrogen-bond donors (Lipinski definition) is 2.